The number of benzene rings is 1. The molecule has 1 atom stereocenters. The van der Waals surface area contributed by atoms with E-state index in [0.29, 0.717) is 6.04 Å². The molecule has 15 heavy (non-hydrogen) atoms. The monoisotopic (exact) mass is 206 g/mol. The summed E-state index contributed by atoms with van der Waals surface area (Å²) < 4.78 is 0. The summed E-state index contributed by atoms with van der Waals surface area (Å²) in [5.41, 5.74) is 8.36. The minimum Gasteiger partial charge on any atom is -0.368 e. The summed E-state index contributed by atoms with van der Waals surface area (Å²) in [5, 5.41) is 0. The van der Waals surface area contributed by atoms with Gasteiger partial charge >= 0.3 is 0 Å². The molecule has 0 fully saturated rings. The fourth-order valence-electron chi connectivity index (χ4n) is 1.90. The molecule has 0 saturated heterocycles. The van der Waals surface area contributed by atoms with Crippen molar-refractivity contribution in [3.63, 3.8) is 0 Å². The van der Waals surface area contributed by atoms with Crippen molar-refractivity contribution in [1.29, 1.82) is 0 Å². The normalized spacial score (nSPS) is 12.5. The Morgan fingerprint density at radius 3 is 2.20 bits per heavy atom. The lowest BCUT2D eigenvalue weighted by Gasteiger charge is -2.31. The molecule has 0 aliphatic heterocycles. The van der Waals surface area contributed by atoms with E-state index >= 15 is 0 Å². The van der Waals surface area contributed by atoms with Gasteiger partial charge in [-0.2, -0.15) is 0 Å². The zero-order valence-corrected chi connectivity index (χ0v) is 10.0. The highest BCUT2D eigenvalue weighted by atomic mass is 15.2. The van der Waals surface area contributed by atoms with E-state index in [9.17, 15) is 0 Å². The SMILES string of the molecule is CCC(CN)N(CC)c1ccc(C)cc1. The van der Waals surface area contributed by atoms with E-state index in [4.69, 9.17) is 5.73 Å². The van der Waals surface area contributed by atoms with E-state index in [1.807, 2.05) is 0 Å². The van der Waals surface area contributed by atoms with Gasteiger partial charge in [-0.1, -0.05) is 24.6 Å². The summed E-state index contributed by atoms with van der Waals surface area (Å²) in [6.45, 7) is 8.21. The molecule has 2 heteroatoms. The van der Waals surface area contributed by atoms with Crippen molar-refractivity contribution in [3.05, 3.63) is 29.8 Å². The quantitative estimate of drug-likeness (QED) is 0.802. The van der Waals surface area contributed by atoms with Crippen molar-refractivity contribution in [2.75, 3.05) is 18.0 Å². The molecule has 2 nitrogen and oxygen atoms in total. The van der Waals surface area contributed by atoms with Crippen LogP contribution in [0.1, 0.15) is 25.8 Å². The number of nitrogens with zero attached hydrogens (tertiary/aromatic N) is 1. The van der Waals surface area contributed by atoms with Gasteiger partial charge in [0.2, 0.25) is 0 Å². The van der Waals surface area contributed by atoms with Gasteiger partial charge in [-0.15, -0.1) is 0 Å². The largest absolute Gasteiger partial charge is 0.368 e. The Balaban J connectivity index is 2.86. The van der Waals surface area contributed by atoms with Crippen LogP contribution in [-0.2, 0) is 0 Å². The van der Waals surface area contributed by atoms with Crippen molar-refractivity contribution < 1.29 is 0 Å². The van der Waals surface area contributed by atoms with E-state index in [-0.39, 0.29) is 0 Å². The van der Waals surface area contributed by atoms with Crippen molar-refractivity contribution in [2.45, 2.75) is 33.2 Å². The summed E-state index contributed by atoms with van der Waals surface area (Å²) in [7, 11) is 0. The molecule has 0 bridgehead atoms. The van der Waals surface area contributed by atoms with Crippen LogP contribution >= 0.6 is 0 Å². The van der Waals surface area contributed by atoms with Crippen LogP contribution in [0.25, 0.3) is 0 Å². The fourth-order valence-corrected chi connectivity index (χ4v) is 1.90. The number of nitrogens with two attached hydrogens (primary N) is 1. The molecule has 1 rings (SSSR count). The van der Waals surface area contributed by atoms with E-state index in [1.54, 1.807) is 0 Å². The number of hydrogen-bond acceptors (Lipinski definition) is 2. The van der Waals surface area contributed by atoms with Crippen LogP contribution in [0.15, 0.2) is 24.3 Å². The molecule has 1 aromatic rings. The van der Waals surface area contributed by atoms with E-state index < -0.39 is 0 Å². The van der Waals surface area contributed by atoms with Crippen LogP contribution in [0.2, 0.25) is 0 Å². The average molecular weight is 206 g/mol. The average Bonchev–Trinajstić information content (AvgIpc) is 2.27. The number of aryl methyl sites for hydroxylation is 1. The Labute approximate surface area is 93.1 Å². The lowest BCUT2D eigenvalue weighted by atomic mass is 10.1. The lowest BCUT2D eigenvalue weighted by molar-refractivity contribution is 0.591. The fraction of sp³-hybridized carbons (Fsp3) is 0.538. The topological polar surface area (TPSA) is 29.3 Å². The standard InChI is InChI=1S/C13H22N2/c1-4-12(10-14)15(5-2)13-8-6-11(3)7-9-13/h6-9,12H,4-5,10,14H2,1-3H3. The summed E-state index contributed by atoms with van der Waals surface area (Å²) >= 11 is 0. The third kappa shape index (κ3) is 2.96. The molecule has 84 valence electrons. The Hall–Kier alpha value is -1.02. The van der Waals surface area contributed by atoms with Gasteiger partial charge in [-0.3, -0.25) is 0 Å². The number of rotatable bonds is 5. The second-order valence-electron chi connectivity index (χ2n) is 3.92. The van der Waals surface area contributed by atoms with Crippen LogP contribution in [0, 0.1) is 6.92 Å². The molecule has 0 aromatic heterocycles. The predicted molar refractivity (Wildman–Crippen MR) is 67.3 cm³/mol. The number of hydrogen-bond donors (Lipinski definition) is 1. The van der Waals surface area contributed by atoms with Crippen LogP contribution in [0.5, 0.6) is 0 Å². The molecule has 0 heterocycles. The molecule has 0 aliphatic rings. The first-order chi connectivity index (χ1) is 7.22. The van der Waals surface area contributed by atoms with E-state index in [0.717, 1.165) is 19.5 Å². The zero-order valence-electron chi connectivity index (χ0n) is 10.0. The van der Waals surface area contributed by atoms with Gasteiger partial charge in [0.25, 0.3) is 0 Å². The third-order valence-electron chi connectivity index (χ3n) is 2.89. The van der Waals surface area contributed by atoms with Crippen LogP contribution in [0.3, 0.4) is 0 Å². The molecule has 0 radical (unpaired) electrons. The Morgan fingerprint density at radius 2 is 1.80 bits per heavy atom. The molecule has 2 N–H and O–H groups in total. The molecule has 1 aromatic carbocycles. The van der Waals surface area contributed by atoms with Gasteiger partial charge in [-0.05, 0) is 32.4 Å². The lowest BCUT2D eigenvalue weighted by Crippen LogP contribution is -2.40. The van der Waals surface area contributed by atoms with Gasteiger partial charge in [0.05, 0.1) is 0 Å². The maximum absolute atomic E-state index is 5.79. The highest BCUT2D eigenvalue weighted by Crippen LogP contribution is 2.18. The molecule has 0 amide bonds. The molecular formula is C13H22N2. The first-order valence-corrected chi connectivity index (χ1v) is 5.76. The minimum atomic E-state index is 0.456. The molecule has 1 unspecified atom stereocenters. The zero-order chi connectivity index (χ0) is 11.3. The van der Waals surface area contributed by atoms with Gasteiger partial charge in [0.15, 0.2) is 0 Å². The summed E-state index contributed by atoms with van der Waals surface area (Å²) in [5.74, 6) is 0. The third-order valence-corrected chi connectivity index (χ3v) is 2.89. The second-order valence-corrected chi connectivity index (χ2v) is 3.92. The first-order valence-electron chi connectivity index (χ1n) is 5.76. The van der Waals surface area contributed by atoms with Gasteiger partial charge in [-0.25, -0.2) is 0 Å². The number of likely N-dealkylation sites (N-methyl/N-ethyl adjacent to an activating group) is 1. The van der Waals surface area contributed by atoms with Crippen LogP contribution < -0.4 is 10.6 Å². The van der Waals surface area contributed by atoms with Crippen LogP contribution in [-0.4, -0.2) is 19.1 Å². The molecule has 0 saturated carbocycles. The Kier molecular flexibility index (Phi) is 4.63. The smallest absolute Gasteiger partial charge is 0.0409 e. The van der Waals surface area contributed by atoms with E-state index in [1.165, 1.54) is 11.3 Å². The van der Waals surface area contributed by atoms with Gasteiger partial charge < -0.3 is 10.6 Å². The van der Waals surface area contributed by atoms with Crippen molar-refractivity contribution in [1.82, 2.24) is 0 Å². The summed E-state index contributed by atoms with van der Waals surface area (Å²) in [6, 6.07) is 9.12. The Morgan fingerprint density at radius 1 is 1.20 bits per heavy atom. The van der Waals surface area contributed by atoms with E-state index in [2.05, 4.69) is 49.9 Å². The predicted octanol–water partition coefficient (Wildman–Crippen LogP) is 2.56. The first kappa shape index (κ1) is 12.1. The Bertz CT molecular complexity index is 275. The second kappa shape index (κ2) is 5.76. The molecular weight excluding hydrogens is 184 g/mol. The van der Waals surface area contributed by atoms with Crippen molar-refractivity contribution in [2.24, 2.45) is 5.73 Å². The minimum absolute atomic E-state index is 0.456. The maximum Gasteiger partial charge on any atom is 0.0409 e. The van der Waals surface area contributed by atoms with Gasteiger partial charge in [0.1, 0.15) is 0 Å². The summed E-state index contributed by atoms with van der Waals surface area (Å²) in [6.07, 6.45) is 1.10. The molecule has 0 spiro atoms. The van der Waals surface area contributed by atoms with Gasteiger partial charge in [0, 0.05) is 24.8 Å². The number of anilines is 1. The highest BCUT2D eigenvalue weighted by Gasteiger charge is 2.13. The maximum atomic E-state index is 5.79. The van der Waals surface area contributed by atoms with Crippen molar-refractivity contribution in [3.8, 4) is 0 Å². The highest BCUT2D eigenvalue weighted by molar-refractivity contribution is 5.48. The van der Waals surface area contributed by atoms with Crippen molar-refractivity contribution >= 4 is 5.69 Å². The molecule has 0 aliphatic carbocycles. The summed E-state index contributed by atoms with van der Waals surface area (Å²) in [4.78, 5) is 2.37. The van der Waals surface area contributed by atoms with Crippen LogP contribution in [0.4, 0.5) is 5.69 Å².